The van der Waals surface area contributed by atoms with Gasteiger partial charge < -0.3 is 9.88 Å². The predicted octanol–water partition coefficient (Wildman–Crippen LogP) is 4.90. The first-order valence-corrected chi connectivity index (χ1v) is 10.1. The molecule has 7 heteroatoms. The number of carbonyl (C=O) groups excluding carboxylic acids is 1. The normalized spacial score (nSPS) is 10.8. The third kappa shape index (κ3) is 4.13. The third-order valence-corrected chi connectivity index (χ3v) is 5.38. The minimum atomic E-state index is -0.510. The Morgan fingerprint density at radius 2 is 1.72 bits per heavy atom. The lowest BCUT2D eigenvalue weighted by Crippen LogP contribution is -2.33. The smallest absolute Gasteiger partial charge is 0.269 e. The fourth-order valence-corrected chi connectivity index (χ4v) is 3.67. The van der Waals surface area contributed by atoms with Gasteiger partial charge in [-0.25, -0.2) is 0 Å². The number of amides is 1. The fourth-order valence-electron chi connectivity index (χ4n) is 3.67. The van der Waals surface area contributed by atoms with Gasteiger partial charge in [-0.15, -0.1) is 0 Å². The summed E-state index contributed by atoms with van der Waals surface area (Å²) in [5.41, 5.74) is 3.72. The molecule has 1 N–H and O–H groups in total. The maximum Gasteiger partial charge on any atom is 0.269 e. The van der Waals surface area contributed by atoms with E-state index < -0.39 is 4.92 Å². The van der Waals surface area contributed by atoms with E-state index in [1.807, 2.05) is 56.3 Å². The van der Waals surface area contributed by atoms with E-state index in [-0.39, 0.29) is 23.7 Å². The molecule has 3 aromatic carbocycles. The molecule has 0 radical (unpaired) electrons. The summed E-state index contributed by atoms with van der Waals surface area (Å²) in [4.78, 5) is 41.1. The quantitative estimate of drug-likeness (QED) is 0.362. The Morgan fingerprint density at radius 1 is 1.00 bits per heavy atom. The Morgan fingerprint density at radius 3 is 2.41 bits per heavy atom. The molecule has 160 valence electrons. The van der Waals surface area contributed by atoms with Crippen LogP contribution < -0.4 is 10.5 Å². The van der Waals surface area contributed by atoms with Gasteiger partial charge in [0.1, 0.15) is 0 Å². The van der Waals surface area contributed by atoms with E-state index in [9.17, 15) is 19.7 Å². The Kier molecular flexibility index (Phi) is 5.55. The van der Waals surface area contributed by atoms with Crippen LogP contribution in [0.2, 0.25) is 0 Å². The molecule has 0 aliphatic rings. The van der Waals surface area contributed by atoms with Crippen molar-refractivity contribution in [2.24, 2.45) is 0 Å². The van der Waals surface area contributed by atoms with Crippen LogP contribution in [0.25, 0.3) is 10.9 Å². The van der Waals surface area contributed by atoms with Gasteiger partial charge in [0.15, 0.2) is 0 Å². The average molecular weight is 427 g/mol. The Hall–Kier alpha value is -4.26. The number of carbonyl (C=O) groups is 1. The SMILES string of the molecule is Cc1ccc2[nH]c(=O)c(CN(C(=O)c3ccc([N+](=O)[O-])cc3)c3ccccc3C)cc2c1. The molecule has 0 bridgehead atoms. The summed E-state index contributed by atoms with van der Waals surface area (Å²) in [7, 11) is 0. The zero-order chi connectivity index (χ0) is 22.8. The van der Waals surface area contributed by atoms with E-state index in [1.165, 1.54) is 29.2 Å². The van der Waals surface area contributed by atoms with Crippen molar-refractivity contribution in [1.29, 1.82) is 0 Å². The second-order valence-corrected chi connectivity index (χ2v) is 7.70. The number of anilines is 1. The first-order valence-electron chi connectivity index (χ1n) is 10.1. The number of aryl methyl sites for hydroxylation is 2. The Balaban J connectivity index is 1.78. The number of nitrogens with one attached hydrogen (secondary N) is 1. The van der Waals surface area contributed by atoms with Gasteiger partial charge in [-0.1, -0.05) is 29.8 Å². The molecule has 32 heavy (non-hydrogen) atoms. The van der Waals surface area contributed by atoms with Crippen LogP contribution in [0.3, 0.4) is 0 Å². The molecule has 1 aromatic heterocycles. The van der Waals surface area contributed by atoms with Gasteiger partial charge in [-0.05, 0) is 61.2 Å². The van der Waals surface area contributed by atoms with E-state index in [0.717, 1.165) is 22.0 Å². The molecule has 0 aliphatic heterocycles. The summed E-state index contributed by atoms with van der Waals surface area (Å²) in [6.07, 6.45) is 0. The lowest BCUT2D eigenvalue weighted by atomic mass is 10.1. The lowest BCUT2D eigenvalue weighted by Gasteiger charge is -2.24. The number of hydrogen-bond acceptors (Lipinski definition) is 4. The predicted molar refractivity (Wildman–Crippen MR) is 124 cm³/mol. The van der Waals surface area contributed by atoms with Crippen molar-refractivity contribution in [3.63, 3.8) is 0 Å². The van der Waals surface area contributed by atoms with Gasteiger partial charge in [-0.3, -0.25) is 19.7 Å². The summed E-state index contributed by atoms with van der Waals surface area (Å²) >= 11 is 0. The Bertz CT molecular complexity index is 1390. The van der Waals surface area contributed by atoms with Crippen LogP contribution in [-0.2, 0) is 6.54 Å². The third-order valence-electron chi connectivity index (χ3n) is 5.38. The number of non-ortho nitro benzene ring substituents is 1. The molecule has 7 nitrogen and oxygen atoms in total. The number of rotatable bonds is 5. The summed E-state index contributed by atoms with van der Waals surface area (Å²) < 4.78 is 0. The number of aromatic nitrogens is 1. The summed E-state index contributed by atoms with van der Waals surface area (Å²) in [5.74, 6) is -0.349. The van der Waals surface area contributed by atoms with Crippen LogP contribution in [0.15, 0.2) is 77.6 Å². The molecular weight excluding hydrogens is 406 g/mol. The number of para-hydroxylation sites is 1. The van der Waals surface area contributed by atoms with E-state index >= 15 is 0 Å². The average Bonchev–Trinajstić information content (AvgIpc) is 2.78. The number of fused-ring (bicyclic) bond motifs is 1. The van der Waals surface area contributed by atoms with E-state index in [1.54, 1.807) is 6.07 Å². The largest absolute Gasteiger partial charge is 0.322 e. The molecule has 0 saturated heterocycles. The maximum atomic E-state index is 13.5. The molecule has 0 saturated carbocycles. The van der Waals surface area contributed by atoms with E-state index in [2.05, 4.69) is 4.98 Å². The first kappa shape index (κ1) is 21.0. The summed E-state index contributed by atoms with van der Waals surface area (Å²) in [6.45, 7) is 3.92. The minimum absolute atomic E-state index is 0.0554. The van der Waals surface area contributed by atoms with Crippen molar-refractivity contribution >= 4 is 28.2 Å². The molecule has 0 aliphatic carbocycles. The maximum absolute atomic E-state index is 13.5. The fraction of sp³-hybridized carbons (Fsp3) is 0.120. The first-order chi connectivity index (χ1) is 15.3. The lowest BCUT2D eigenvalue weighted by molar-refractivity contribution is -0.384. The Labute approximate surface area is 184 Å². The molecular formula is C25H21N3O4. The van der Waals surface area contributed by atoms with Crippen molar-refractivity contribution in [1.82, 2.24) is 4.98 Å². The highest BCUT2D eigenvalue weighted by Gasteiger charge is 2.22. The van der Waals surface area contributed by atoms with Crippen molar-refractivity contribution in [3.05, 3.63) is 116 Å². The highest BCUT2D eigenvalue weighted by Crippen LogP contribution is 2.25. The number of H-pyrrole nitrogens is 1. The van der Waals surface area contributed by atoms with E-state index in [4.69, 9.17) is 0 Å². The topological polar surface area (TPSA) is 96.3 Å². The zero-order valence-corrected chi connectivity index (χ0v) is 17.7. The van der Waals surface area contributed by atoms with Gasteiger partial charge in [0.05, 0.1) is 11.5 Å². The molecule has 4 rings (SSSR count). The standard InChI is InChI=1S/C25H21N3O4/c1-16-7-12-22-19(13-16)14-20(24(29)26-22)15-27(23-6-4-3-5-17(23)2)25(30)18-8-10-21(11-9-18)28(31)32/h3-14H,15H2,1-2H3,(H,26,29). The van der Waals surface area contributed by atoms with Crippen LogP contribution >= 0.6 is 0 Å². The van der Waals surface area contributed by atoms with Crippen molar-refractivity contribution < 1.29 is 9.72 Å². The monoisotopic (exact) mass is 427 g/mol. The summed E-state index contributed by atoms with van der Waals surface area (Å²) in [5, 5.41) is 11.8. The van der Waals surface area contributed by atoms with Gasteiger partial charge in [0, 0.05) is 34.5 Å². The van der Waals surface area contributed by atoms with Crippen molar-refractivity contribution in [2.45, 2.75) is 20.4 Å². The molecule has 1 heterocycles. The summed E-state index contributed by atoms with van der Waals surface area (Å²) in [6, 6.07) is 20.4. The molecule has 0 unspecified atom stereocenters. The highest BCUT2D eigenvalue weighted by atomic mass is 16.6. The number of hydrogen-bond donors (Lipinski definition) is 1. The van der Waals surface area contributed by atoms with Crippen LogP contribution in [0.4, 0.5) is 11.4 Å². The number of nitro groups is 1. The number of nitrogens with zero attached hydrogens (tertiary/aromatic N) is 2. The van der Waals surface area contributed by atoms with E-state index in [0.29, 0.717) is 16.8 Å². The number of benzene rings is 3. The molecule has 4 aromatic rings. The molecule has 1 amide bonds. The number of aromatic amines is 1. The van der Waals surface area contributed by atoms with Crippen molar-refractivity contribution in [2.75, 3.05) is 4.90 Å². The molecule has 0 fully saturated rings. The van der Waals surface area contributed by atoms with Gasteiger partial charge in [-0.2, -0.15) is 0 Å². The molecule has 0 spiro atoms. The highest BCUT2D eigenvalue weighted by molar-refractivity contribution is 6.06. The minimum Gasteiger partial charge on any atom is -0.322 e. The van der Waals surface area contributed by atoms with Crippen LogP contribution in [0, 0.1) is 24.0 Å². The second-order valence-electron chi connectivity index (χ2n) is 7.70. The second kappa shape index (κ2) is 8.47. The zero-order valence-electron chi connectivity index (χ0n) is 17.7. The van der Waals surface area contributed by atoms with Crippen LogP contribution in [-0.4, -0.2) is 15.8 Å². The van der Waals surface area contributed by atoms with Gasteiger partial charge >= 0.3 is 0 Å². The van der Waals surface area contributed by atoms with Crippen molar-refractivity contribution in [3.8, 4) is 0 Å². The van der Waals surface area contributed by atoms with Gasteiger partial charge in [0.25, 0.3) is 17.2 Å². The number of nitro benzene ring substituents is 1. The van der Waals surface area contributed by atoms with Gasteiger partial charge in [0.2, 0.25) is 0 Å². The van der Waals surface area contributed by atoms with Crippen LogP contribution in [0.5, 0.6) is 0 Å². The molecule has 0 atom stereocenters. The number of pyridine rings is 1. The van der Waals surface area contributed by atoms with Crippen LogP contribution in [0.1, 0.15) is 27.0 Å².